The Morgan fingerprint density at radius 3 is 2.14 bits per heavy atom. The minimum absolute atomic E-state index is 0.0117. The monoisotopic (exact) mass is 399 g/mol. The lowest BCUT2D eigenvalue weighted by molar-refractivity contribution is -0.158. The number of nitrogens with zero attached hydrogens (tertiary/aromatic N) is 1. The molecule has 0 N–H and O–H groups in total. The molecular weight excluding hydrogens is 378 g/mol. The third-order valence-electron chi connectivity index (χ3n) is 3.29. The van der Waals surface area contributed by atoms with E-state index in [1.807, 2.05) is 0 Å². The number of hydrogen-bond donors (Lipinski definition) is 0. The van der Waals surface area contributed by atoms with Crippen LogP contribution in [-0.2, 0) is 47.7 Å². The SMILES string of the molecule is COC(=O)/C=C/C(=O)OCC(CN1CCOC(=O)C1)OC(=O)/C=C/C(=O)OC. The van der Waals surface area contributed by atoms with Crippen LogP contribution in [0.25, 0.3) is 0 Å². The molecule has 154 valence electrons. The van der Waals surface area contributed by atoms with E-state index in [-0.39, 0.29) is 26.3 Å². The first-order valence-electron chi connectivity index (χ1n) is 8.11. The molecule has 0 bridgehead atoms. The second-order valence-electron chi connectivity index (χ2n) is 5.36. The number of esters is 5. The zero-order valence-electron chi connectivity index (χ0n) is 15.5. The molecule has 0 aromatic carbocycles. The van der Waals surface area contributed by atoms with Crippen molar-refractivity contribution in [1.29, 1.82) is 0 Å². The van der Waals surface area contributed by atoms with E-state index in [0.717, 1.165) is 38.5 Å². The molecule has 0 radical (unpaired) electrons. The fourth-order valence-corrected chi connectivity index (χ4v) is 2.00. The Morgan fingerprint density at radius 1 is 1.00 bits per heavy atom. The van der Waals surface area contributed by atoms with Crippen molar-refractivity contribution >= 4 is 29.8 Å². The highest BCUT2D eigenvalue weighted by atomic mass is 16.6. The van der Waals surface area contributed by atoms with Crippen molar-refractivity contribution in [2.45, 2.75) is 6.10 Å². The lowest BCUT2D eigenvalue weighted by Gasteiger charge is -2.28. The maximum Gasteiger partial charge on any atom is 0.331 e. The van der Waals surface area contributed by atoms with Gasteiger partial charge in [0.15, 0.2) is 0 Å². The van der Waals surface area contributed by atoms with E-state index in [1.54, 1.807) is 4.90 Å². The van der Waals surface area contributed by atoms with Crippen LogP contribution in [0.2, 0.25) is 0 Å². The summed E-state index contributed by atoms with van der Waals surface area (Å²) >= 11 is 0. The Labute approximate surface area is 160 Å². The van der Waals surface area contributed by atoms with Gasteiger partial charge >= 0.3 is 29.8 Å². The van der Waals surface area contributed by atoms with Crippen LogP contribution in [0.4, 0.5) is 0 Å². The highest BCUT2D eigenvalue weighted by Gasteiger charge is 2.24. The molecule has 0 amide bonds. The molecule has 0 aromatic rings. The van der Waals surface area contributed by atoms with Gasteiger partial charge in [-0.3, -0.25) is 9.69 Å². The van der Waals surface area contributed by atoms with E-state index < -0.39 is 36.0 Å². The smallest absolute Gasteiger partial charge is 0.331 e. The van der Waals surface area contributed by atoms with Crippen LogP contribution < -0.4 is 0 Å². The van der Waals surface area contributed by atoms with Gasteiger partial charge in [-0.2, -0.15) is 0 Å². The summed E-state index contributed by atoms with van der Waals surface area (Å²) in [4.78, 5) is 58.5. The summed E-state index contributed by atoms with van der Waals surface area (Å²) in [6.07, 6.45) is 2.55. The molecule has 1 aliphatic rings. The van der Waals surface area contributed by atoms with Gasteiger partial charge < -0.3 is 23.7 Å². The van der Waals surface area contributed by atoms with E-state index in [2.05, 4.69) is 9.47 Å². The van der Waals surface area contributed by atoms with Gasteiger partial charge in [0.2, 0.25) is 0 Å². The maximum absolute atomic E-state index is 11.8. The molecule has 28 heavy (non-hydrogen) atoms. The summed E-state index contributed by atoms with van der Waals surface area (Å²) < 4.78 is 23.6. The molecule has 0 aliphatic carbocycles. The van der Waals surface area contributed by atoms with Crippen LogP contribution in [0, 0.1) is 0 Å². The zero-order chi connectivity index (χ0) is 20.9. The number of hydrogen-bond acceptors (Lipinski definition) is 11. The molecule has 0 spiro atoms. The zero-order valence-corrected chi connectivity index (χ0v) is 15.5. The molecule has 1 unspecified atom stereocenters. The van der Waals surface area contributed by atoms with Gasteiger partial charge in [-0.15, -0.1) is 0 Å². The molecule has 1 saturated heterocycles. The maximum atomic E-state index is 11.8. The van der Waals surface area contributed by atoms with Gasteiger partial charge in [-0.1, -0.05) is 0 Å². The van der Waals surface area contributed by atoms with E-state index in [4.69, 9.17) is 14.2 Å². The summed E-state index contributed by atoms with van der Waals surface area (Å²) in [5.41, 5.74) is 0. The van der Waals surface area contributed by atoms with Crippen LogP contribution in [0.1, 0.15) is 0 Å². The van der Waals surface area contributed by atoms with Crippen molar-refractivity contribution in [3.63, 3.8) is 0 Å². The summed E-state index contributed by atoms with van der Waals surface area (Å²) in [7, 11) is 2.30. The number of methoxy groups -OCH3 is 2. The molecule has 11 nitrogen and oxygen atoms in total. The third kappa shape index (κ3) is 9.48. The lowest BCUT2D eigenvalue weighted by Crippen LogP contribution is -2.45. The average Bonchev–Trinajstić information content (AvgIpc) is 2.68. The summed E-state index contributed by atoms with van der Waals surface area (Å²) in [5.74, 6) is -3.63. The van der Waals surface area contributed by atoms with Gasteiger partial charge in [0.1, 0.15) is 19.3 Å². The highest BCUT2D eigenvalue weighted by molar-refractivity contribution is 5.92. The van der Waals surface area contributed by atoms with Crippen molar-refractivity contribution in [3.8, 4) is 0 Å². The Kier molecular flexibility index (Phi) is 9.97. The summed E-state index contributed by atoms with van der Waals surface area (Å²) in [6, 6.07) is 0. The fraction of sp³-hybridized carbons (Fsp3) is 0.471. The molecular formula is C17H21NO10. The van der Waals surface area contributed by atoms with Gasteiger partial charge in [0, 0.05) is 37.4 Å². The predicted octanol–water partition coefficient (Wildman–Crippen LogP) is -1.24. The highest BCUT2D eigenvalue weighted by Crippen LogP contribution is 2.05. The Bertz CT molecular complexity index is 654. The number of ether oxygens (including phenoxy) is 5. The predicted molar refractivity (Wildman–Crippen MR) is 90.6 cm³/mol. The van der Waals surface area contributed by atoms with Crippen molar-refractivity contribution in [1.82, 2.24) is 4.90 Å². The minimum Gasteiger partial charge on any atom is -0.466 e. The molecule has 0 aromatic heterocycles. The first-order chi connectivity index (χ1) is 13.3. The molecule has 0 saturated carbocycles. The molecule has 1 rings (SSSR count). The molecule has 1 atom stereocenters. The first-order valence-corrected chi connectivity index (χ1v) is 8.11. The molecule has 1 aliphatic heterocycles. The number of rotatable bonds is 9. The van der Waals surface area contributed by atoms with Crippen molar-refractivity contribution in [3.05, 3.63) is 24.3 Å². The van der Waals surface area contributed by atoms with Gasteiger partial charge in [-0.05, 0) is 0 Å². The van der Waals surface area contributed by atoms with Gasteiger partial charge in [0.05, 0.1) is 20.8 Å². The van der Waals surface area contributed by atoms with Crippen LogP contribution in [0.15, 0.2) is 24.3 Å². The van der Waals surface area contributed by atoms with Crippen molar-refractivity contribution in [2.75, 3.05) is 47.1 Å². The van der Waals surface area contributed by atoms with Gasteiger partial charge in [-0.25, -0.2) is 19.2 Å². The number of morpholine rings is 1. The quantitative estimate of drug-likeness (QED) is 0.262. The second-order valence-corrected chi connectivity index (χ2v) is 5.36. The third-order valence-corrected chi connectivity index (χ3v) is 3.29. The second kappa shape index (κ2) is 12.2. The Balaban J connectivity index is 2.67. The van der Waals surface area contributed by atoms with E-state index in [0.29, 0.717) is 6.54 Å². The molecule has 1 heterocycles. The van der Waals surface area contributed by atoms with Crippen LogP contribution in [-0.4, -0.2) is 87.9 Å². The molecule has 1 fully saturated rings. The number of carbonyl (C=O) groups is 5. The fourth-order valence-electron chi connectivity index (χ4n) is 2.00. The normalized spacial score (nSPS) is 15.7. The molecule has 11 heteroatoms. The Hall–Kier alpha value is -3.21. The minimum atomic E-state index is -0.934. The van der Waals surface area contributed by atoms with E-state index >= 15 is 0 Å². The largest absolute Gasteiger partial charge is 0.466 e. The lowest BCUT2D eigenvalue weighted by atomic mass is 10.3. The average molecular weight is 399 g/mol. The topological polar surface area (TPSA) is 135 Å². The summed E-state index contributed by atoms with van der Waals surface area (Å²) in [6.45, 7) is 0.328. The van der Waals surface area contributed by atoms with Gasteiger partial charge in [0.25, 0.3) is 0 Å². The Morgan fingerprint density at radius 2 is 1.57 bits per heavy atom. The van der Waals surface area contributed by atoms with Crippen molar-refractivity contribution < 1.29 is 47.7 Å². The first kappa shape index (κ1) is 22.8. The van der Waals surface area contributed by atoms with E-state index in [1.165, 1.54) is 0 Å². The van der Waals surface area contributed by atoms with Crippen LogP contribution in [0.3, 0.4) is 0 Å². The number of carbonyl (C=O) groups excluding carboxylic acids is 5. The van der Waals surface area contributed by atoms with Crippen LogP contribution >= 0.6 is 0 Å². The number of cyclic esters (lactones) is 1. The standard InChI is InChI=1S/C17H21NO10/c1-24-13(19)3-5-15(21)27-11-12(9-18-7-8-26-17(23)10-18)28-16(22)6-4-14(20)25-2/h3-6,12H,7-11H2,1-2H3/b5-3+,6-4+. The van der Waals surface area contributed by atoms with Crippen molar-refractivity contribution in [2.24, 2.45) is 0 Å². The van der Waals surface area contributed by atoms with Crippen LogP contribution in [0.5, 0.6) is 0 Å². The summed E-state index contributed by atoms with van der Waals surface area (Å²) in [5, 5.41) is 0. The van der Waals surface area contributed by atoms with E-state index in [9.17, 15) is 24.0 Å².